The molecule has 1 aliphatic rings. The van der Waals surface area contributed by atoms with Crippen LogP contribution in [0.15, 0.2) is 24.3 Å². The summed E-state index contributed by atoms with van der Waals surface area (Å²) in [7, 11) is 3.33. The molecule has 43 heavy (non-hydrogen) atoms. The number of tetrazole rings is 1. The van der Waals surface area contributed by atoms with Crippen LogP contribution >= 0.6 is 0 Å². The van der Waals surface area contributed by atoms with Gasteiger partial charge in [-0.3, -0.25) is 4.68 Å². The maximum atomic E-state index is 13.6. The molecule has 1 fully saturated rings. The van der Waals surface area contributed by atoms with Crippen LogP contribution in [0.4, 0.5) is 38.1 Å². The van der Waals surface area contributed by atoms with Gasteiger partial charge in [0.15, 0.2) is 5.65 Å². The van der Waals surface area contributed by atoms with Gasteiger partial charge in [0, 0.05) is 44.2 Å². The molecule has 0 N–H and O–H groups in total. The highest BCUT2D eigenvalue weighted by molar-refractivity contribution is 5.81. The summed E-state index contributed by atoms with van der Waals surface area (Å²) >= 11 is 0. The number of benzene rings is 1. The highest BCUT2D eigenvalue weighted by Gasteiger charge is 2.37. The summed E-state index contributed by atoms with van der Waals surface area (Å²) in [5.74, 6) is 1.24. The van der Waals surface area contributed by atoms with E-state index in [-0.39, 0.29) is 30.7 Å². The summed E-state index contributed by atoms with van der Waals surface area (Å²) in [6.07, 6.45) is -5.35. The number of alkyl halides is 6. The molecule has 4 aromatic rings. The minimum Gasteiger partial charge on any atom is -0.356 e. The van der Waals surface area contributed by atoms with Crippen molar-refractivity contribution in [1.82, 2.24) is 35.0 Å². The summed E-state index contributed by atoms with van der Waals surface area (Å²) in [5, 5.41) is 17.4. The van der Waals surface area contributed by atoms with Crippen LogP contribution in [0.5, 0.6) is 0 Å². The van der Waals surface area contributed by atoms with E-state index in [1.165, 1.54) is 29.6 Å². The second-order valence-corrected chi connectivity index (χ2v) is 11.1. The average Bonchev–Trinajstić information content (AvgIpc) is 3.67. The van der Waals surface area contributed by atoms with Crippen molar-refractivity contribution in [3.63, 3.8) is 0 Å². The molecule has 5 rings (SSSR count). The lowest BCUT2D eigenvalue weighted by Gasteiger charge is -2.29. The Morgan fingerprint density at radius 2 is 1.53 bits per heavy atom. The molecule has 0 saturated heterocycles. The molecule has 0 aliphatic heterocycles. The van der Waals surface area contributed by atoms with Gasteiger partial charge < -0.3 is 9.80 Å². The lowest BCUT2D eigenvalue weighted by atomic mass is 10.0. The summed E-state index contributed by atoms with van der Waals surface area (Å²) in [5.41, 5.74) is -0.813. The lowest BCUT2D eigenvalue weighted by molar-refractivity contribution is -0.143. The van der Waals surface area contributed by atoms with E-state index in [9.17, 15) is 26.3 Å². The van der Waals surface area contributed by atoms with Gasteiger partial charge in [-0.1, -0.05) is 17.9 Å². The second kappa shape index (κ2) is 11.6. The molecule has 0 amide bonds. The summed E-state index contributed by atoms with van der Waals surface area (Å²) in [6.45, 7) is 5.04. The fraction of sp³-hybridized carbons (Fsp3) is 0.536. The number of hydrogen-bond donors (Lipinski definition) is 0. The smallest absolute Gasteiger partial charge is 0.356 e. The normalized spacial score (nSPS) is 14.7. The number of rotatable bonds is 9. The molecule has 15 heteroatoms. The molecule has 3 heterocycles. The van der Waals surface area contributed by atoms with Crippen LogP contribution in [-0.4, -0.2) is 48.1 Å². The summed E-state index contributed by atoms with van der Waals surface area (Å²) in [4.78, 5) is 9.88. The zero-order valence-electron chi connectivity index (χ0n) is 24.3. The minimum atomic E-state index is -4.96. The highest BCUT2D eigenvalue weighted by atomic mass is 19.4. The second-order valence-electron chi connectivity index (χ2n) is 11.1. The third-order valence-corrected chi connectivity index (χ3v) is 7.85. The van der Waals surface area contributed by atoms with Crippen LogP contribution in [0.25, 0.3) is 11.0 Å². The minimum absolute atomic E-state index is 0.0526. The number of anilines is 2. The van der Waals surface area contributed by atoms with Crippen molar-refractivity contribution in [2.24, 2.45) is 20.0 Å². The summed E-state index contributed by atoms with van der Waals surface area (Å²) in [6, 6.07) is 3.51. The van der Waals surface area contributed by atoms with Crippen LogP contribution in [0.3, 0.4) is 0 Å². The zero-order chi connectivity index (χ0) is 31.1. The molecular formula is C28H33F6N9. The third-order valence-electron chi connectivity index (χ3n) is 7.85. The standard InChI is InChI=1S/C28H33F6N9/c1-5-42(14-18-8-6-7-9-18)24-20(12-23-17(2)37-40(3)25(23)35-24)16-43(26-36-39-41(4)38-26)15-19-10-21(27(29,30)31)13-22(11-19)28(32,33)34/h10-13,18H,5-9,14-16H2,1-4H3. The molecule has 0 bridgehead atoms. The molecular weight excluding hydrogens is 576 g/mol. The predicted molar refractivity (Wildman–Crippen MR) is 148 cm³/mol. The predicted octanol–water partition coefficient (Wildman–Crippen LogP) is 6.06. The van der Waals surface area contributed by atoms with Crippen LogP contribution in [0, 0.1) is 12.8 Å². The Morgan fingerprint density at radius 1 is 0.884 bits per heavy atom. The van der Waals surface area contributed by atoms with Gasteiger partial charge in [-0.2, -0.15) is 36.2 Å². The Labute approximate surface area is 244 Å². The van der Waals surface area contributed by atoms with Crippen molar-refractivity contribution < 1.29 is 26.3 Å². The molecule has 0 spiro atoms. The molecule has 1 saturated carbocycles. The SMILES string of the molecule is CCN(CC1CCCC1)c1nc2c(cc1CN(Cc1cc(C(F)(F)F)cc(C(F)(F)F)c1)c1nnn(C)n1)c(C)nn2C. The highest BCUT2D eigenvalue weighted by Crippen LogP contribution is 2.37. The van der Waals surface area contributed by atoms with Crippen molar-refractivity contribution in [2.75, 3.05) is 22.9 Å². The van der Waals surface area contributed by atoms with Gasteiger partial charge in [0.1, 0.15) is 5.82 Å². The molecule has 3 aromatic heterocycles. The van der Waals surface area contributed by atoms with Crippen molar-refractivity contribution >= 4 is 22.8 Å². The number of aromatic nitrogens is 7. The third kappa shape index (κ3) is 6.69. The van der Waals surface area contributed by atoms with E-state index in [0.717, 1.165) is 48.2 Å². The monoisotopic (exact) mass is 609 g/mol. The maximum Gasteiger partial charge on any atom is 0.416 e. The number of hydrogen-bond acceptors (Lipinski definition) is 7. The van der Waals surface area contributed by atoms with E-state index in [2.05, 4.69) is 25.4 Å². The van der Waals surface area contributed by atoms with Gasteiger partial charge in [0.25, 0.3) is 5.95 Å². The first-order chi connectivity index (χ1) is 20.2. The Hall–Kier alpha value is -3.91. The topological polar surface area (TPSA) is 80.8 Å². The van der Waals surface area contributed by atoms with Crippen LogP contribution in [0.2, 0.25) is 0 Å². The molecule has 0 atom stereocenters. The first-order valence-electron chi connectivity index (χ1n) is 14.1. The van der Waals surface area contributed by atoms with E-state index in [4.69, 9.17) is 4.98 Å². The fourth-order valence-electron chi connectivity index (χ4n) is 5.77. The van der Waals surface area contributed by atoms with Crippen LogP contribution < -0.4 is 9.80 Å². The number of pyridine rings is 1. The Morgan fingerprint density at radius 3 is 2.09 bits per heavy atom. The first-order valence-corrected chi connectivity index (χ1v) is 14.1. The molecule has 232 valence electrons. The van der Waals surface area contributed by atoms with E-state index >= 15 is 0 Å². The number of halogens is 6. The van der Waals surface area contributed by atoms with Crippen LogP contribution in [-0.2, 0) is 39.5 Å². The maximum absolute atomic E-state index is 13.6. The van der Waals surface area contributed by atoms with E-state index in [0.29, 0.717) is 23.9 Å². The number of nitrogens with zero attached hydrogens (tertiary/aromatic N) is 9. The van der Waals surface area contributed by atoms with E-state index < -0.39 is 23.5 Å². The van der Waals surface area contributed by atoms with Crippen molar-refractivity contribution in [3.05, 3.63) is 52.2 Å². The number of fused-ring (bicyclic) bond motifs is 1. The van der Waals surface area contributed by atoms with Gasteiger partial charge in [0.2, 0.25) is 0 Å². The Kier molecular flexibility index (Phi) is 8.27. The Bertz CT molecular complexity index is 1550. The van der Waals surface area contributed by atoms with Gasteiger partial charge in [-0.05, 0) is 67.6 Å². The van der Waals surface area contributed by atoms with Gasteiger partial charge in [-0.25, -0.2) is 4.98 Å². The molecule has 1 aromatic carbocycles. The largest absolute Gasteiger partial charge is 0.416 e. The Balaban J connectivity index is 1.60. The molecule has 0 radical (unpaired) electrons. The zero-order valence-corrected chi connectivity index (χ0v) is 24.3. The van der Waals surface area contributed by atoms with Gasteiger partial charge >= 0.3 is 12.4 Å². The number of aryl methyl sites for hydroxylation is 3. The van der Waals surface area contributed by atoms with E-state index in [1.807, 2.05) is 19.9 Å². The van der Waals surface area contributed by atoms with Crippen LogP contribution in [0.1, 0.15) is 60.6 Å². The van der Waals surface area contributed by atoms with Crippen molar-refractivity contribution in [3.8, 4) is 0 Å². The lowest BCUT2D eigenvalue weighted by Crippen LogP contribution is -2.32. The molecule has 9 nitrogen and oxygen atoms in total. The first kappa shape index (κ1) is 30.5. The van der Waals surface area contributed by atoms with Crippen molar-refractivity contribution in [2.45, 2.75) is 65.0 Å². The molecule has 0 unspecified atom stereocenters. The quantitative estimate of drug-likeness (QED) is 0.214. The molecule has 1 aliphatic carbocycles. The van der Waals surface area contributed by atoms with Gasteiger partial charge in [-0.15, -0.1) is 5.10 Å². The van der Waals surface area contributed by atoms with Gasteiger partial charge in [0.05, 0.1) is 23.9 Å². The summed E-state index contributed by atoms with van der Waals surface area (Å²) < 4.78 is 83.6. The fourth-order valence-corrected chi connectivity index (χ4v) is 5.77. The average molecular weight is 610 g/mol. The van der Waals surface area contributed by atoms with E-state index in [1.54, 1.807) is 11.7 Å². The van der Waals surface area contributed by atoms with Crippen molar-refractivity contribution in [1.29, 1.82) is 0 Å².